The third-order valence-electron chi connectivity index (χ3n) is 4.86. The molecule has 28 heavy (non-hydrogen) atoms. The van der Waals surface area contributed by atoms with E-state index in [1.807, 2.05) is 30.3 Å². The molecule has 0 aliphatic rings. The number of aromatic hydroxyl groups is 1. The van der Waals surface area contributed by atoms with E-state index in [0.29, 0.717) is 33.1 Å². The van der Waals surface area contributed by atoms with Gasteiger partial charge in [-0.25, -0.2) is 9.18 Å². The van der Waals surface area contributed by atoms with Crippen molar-refractivity contribution in [2.75, 3.05) is 0 Å². The first-order chi connectivity index (χ1) is 13.6. The van der Waals surface area contributed by atoms with E-state index in [9.17, 15) is 14.3 Å². The van der Waals surface area contributed by atoms with Crippen LogP contribution in [0.2, 0.25) is 0 Å². The predicted molar refractivity (Wildman–Crippen MR) is 107 cm³/mol. The van der Waals surface area contributed by atoms with Crippen LogP contribution in [0.15, 0.2) is 82.0 Å². The van der Waals surface area contributed by atoms with E-state index in [1.165, 1.54) is 12.1 Å². The molecule has 5 heteroatoms. The number of benzene rings is 3. The smallest absolute Gasteiger partial charge is 0.348 e. The summed E-state index contributed by atoms with van der Waals surface area (Å²) in [4.78, 5) is 16.1. The zero-order valence-corrected chi connectivity index (χ0v) is 14.6. The van der Waals surface area contributed by atoms with Crippen molar-refractivity contribution >= 4 is 21.9 Å². The predicted octanol–water partition coefficient (Wildman–Crippen LogP) is 5.45. The summed E-state index contributed by atoms with van der Waals surface area (Å²) >= 11 is 0. The Hall–Kier alpha value is -3.86. The van der Waals surface area contributed by atoms with Crippen LogP contribution in [0.1, 0.15) is 0 Å². The fraction of sp³-hybridized carbons (Fsp3) is 0. The molecule has 2 aromatic heterocycles. The molecule has 0 unspecified atom stereocenters. The highest BCUT2D eigenvalue weighted by atomic mass is 19.1. The molecule has 4 nitrogen and oxygen atoms in total. The van der Waals surface area contributed by atoms with E-state index in [1.54, 1.807) is 30.3 Å². The third kappa shape index (κ3) is 2.41. The van der Waals surface area contributed by atoms with E-state index in [4.69, 9.17) is 4.42 Å². The Morgan fingerprint density at radius 1 is 0.857 bits per heavy atom. The van der Waals surface area contributed by atoms with Crippen molar-refractivity contribution in [3.63, 3.8) is 0 Å². The molecule has 0 bridgehead atoms. The molecule has 0 amide bonds. The summed E-state index contributed by atoms with van der Waals surface area (Å²) in [7, 11) is 0. The van der Waals surface area contributed by atoms with Gasteiger partial charge in [-0.15, -0.1) is 0 Å². The molecule has 5 rings (SSSR count). The normalized spacial score (nSPS) is 11.3. The standard InChI is InChI=1S/C23H14FNO3/c24-14-10-11-17-16(12-14)19(21(25-17)13-6-2-1-3-7-13)20-22(26)15-8-4-5-9-18(15)28-23(20)27/h1-12,25-26H. The number of para-hydroxylation sites is 1. The summed E-state index contributed by atoms with van der Waals surface area (Å²) in [6, 6.07) is 20.5. The largest absolute Gasteiger partial charge is 0.506 e. The number of hydrogen-bond donors (Lipinski definition) is 2. The number of rotatable bonds is 2. The third-order valence-corrected chi connectivity index (χ3v) is 4.86. The highest BCUT2D eigenvalue weighted by Gasteiger charge is 2.23. The number of hydrogen-bond acceptors (Lipinski definition) is 3. The molecule has 0 radical (unpaired) electrons. The van der Waals surface area contributed by atoms with Gasteiger partial charge in [-0.2, -0.15) is 0 Å². The Labute approximate surface area is 158 Å². The second-order valence-electron chi connectivity index (χ2n) is 6.54. The van der Waals surface area contributed by atoms with Crippen LogP contribution in [0, 0.1) is 5.82 Å². The van der Waals surface area contributed by atoms with Crippen molar-refractivity contribution in [2.45, 2.75) is 0 Å². The quantitative estimate of drug-likeness (QED) is 0.405. The van der Waals surface area contributed by atoms with E-state index < -0.39 is 11.4 Å². The van der Waals surface area contributed by atoms with Gasteiger partial charge in [-0.1, -0.05) is 42.5 Å². The summed E-state index contributed by atoms with van der Waals surface area (Å²) in [5.41, 5.74) is 2.11. The number of fused-ring (bicyclic) bond motifs is 2. The van der Waals surface area contributed by atoms with Crippen LogP contribution in [0.3, 0.4) is 0 Å². The second kappa shape index (κ2) is 6.09. The summed E-state index contributed by atoms with van der Waals surface area (Å²) in [5, 5.41) is 11.8. The van der Waals surface area contributed by atoms with Gasteiger partial charge in [0, 0.05) is 16.5 Å². The summed E-state index contributed by atoms with van der Waals surface area (Å²) in [6.07, 6.45) is 0. The van der Waals surface area contributed by atoms with Crippen LogP contribution < -0.4 is 5.63 Å². The Morgan fingerprint density at radius 3 is 2.43 bits per heavy atom. The maximum Gasteiger partial charge on any atom is 0.348 e. The van der Waals surface area contributed by atoms with Gasteiger partial charge in [0.2, 0.25) is 0 Å². The van der Waals surface area contributed by atoms with E-state index in [2.05, 4.69) is 4.98 Å². The summed E-state index contributed by atoms with van der Waals surface area (Å²) < 4.78 is 19.5. The minimum atomic E-state index is -0.682. The molecule has 0 fully saturated rings. The Bertz CT molecular complexity index is 1400. The molecule has 0 aliphatic heterocycles. The lowest BCUT2D eigenvalue weighted by Crippen LogP contribution is -2.04. The number of halogens is 1. The maximum absolute atomic E-state index is 14.0. The van der Waals surface area contributed by atoms with Crippen molar-refractivity contribution in [1.29, 1.82) is 0 Å². The first-order valence-electron chi connectivity index (χ1n) is 8.75. The molecule has 2 N–H and O–H groups in total. The number of H-pyrrole nitrogens is 1. The summed E-state index contributed by atoms with van der Waals surface area (Å²) in [6.45, 7) is 0. The van der Waals surface area contributed by atoms with Gasteiger partial charge in [0.25, 0.3) is 0 Å². The van der Waals surface area contributed by atoms with Gasteiger partial charge in [0.15, 0.2) is 0 Å². The van der Waals surface area contributed by atoms with Crippen molar-refractivity contribution in [3.8, 4) is 28.1 Å². The lowest BCUT2D eigenvalue weighted by Gasteiger charge is -2.09. The average molecular weight is 371 g/mol. The van der Waals surface area contributed by atoms with E-state index in [0.717, 1.165) is 5.56 Å². The van der Waals surface area contributed by atoms with Gasteiger partial charge in [0.1, 0.15) is 22.7 Å². The SMILES string of the molecule is O=c1oc2ccccc2c(O)c1-c1c(-c2ccccc2)[nH]c2ccc(F)cc12. The van der Waals surface area contributed by atoms with Crippen LogP contribution in [-0.4, -0.2) is 10.1 Å². The molecular weight excluding hydrogens is 357 g/mol. The molecule has 5 aromatic rings. The van der Waals surface area contributed by atoms with Crippen LogP contribution >= 0.6 is 0 Å². The Morgan fingerprint density at radius 2 is 1.61 bits per heavy atom. The van der Waals surface area contributed by atoms with Crippen molar-refractivity contribution in [2.24, 2.45) is 0 Å². The highest BCUT2D eigenvalue weighted by Crippen LogP contribution is 2.42. The van der Waals surface area contributed by atoms with Crippen LogP contribution in [0.5, 0.6) is 5.75 Å². The van der Waals surface area contributed by atoms with E-state index >= 15 is 0 Å². The monoisotopic (exact) mass is 371 g/mol. The van der Waals surface area contributed by atoms with Crippen molar-refractivity contribution in [1.82, 2.24) is 4.98 Å². The van der Waals surface area contributed by atoms with Gasteiger partial charge in [-0.3, -0.25) is 0 Å². The van der Waals surface area contributed by atoms with Gasteiger partial charge >= 0.3 is 5.63 Å². The number of nitrogens with one attached hydrogen (secondary N) is 1. The topological polar surface area (TPSA) is 66.2 Å². The number of aromatic nitrogens is 1. The lowest BCUT2D eigenvalue weighted by molar-refractivity contribution is 0.471. The Kier molecular flexibility index (Phi) is 3.55. The van der Waals surface area contributed by atoms with Crippen LogP contribution in [-0.2, 0) is 0 Å². The van der Waals surface area contributed by atoms with Crippen LogP contribution in [0.25, 0.3) is 44.3 Å². The van der Waals surface area contributed by atoms with E-state index in [-0.39, 0.29) is 11.3 Å². The van der Waals surface area contributed by atoms with Gasteiger partial charge in [-0.05, 0) is 35.9 Å². The zero-order chi connectivity index (χ0) is 19.3. The molecule has 2 heterocycles. The molecule has 0 atom stereocenters. The molecular formula is C23H14FNO3. The molecule has 0 spiro atoms. The molecule has 3 aromatic carbocycles. The fourth-order valence-corrected chi connectivity index (χ4v) is 3.60. The minimum Gasteiger partial charge on any atom is -0.506 e. The zero-order valence-electron chi connectivity index (χ0n) is 14.6. The van der Waals surface area contributed by atoms with Crippen molar-refractivity contribution < 1.29 is 13.9 Å². The molecule has 0 saturated heterocycles. The maximum atomic E-state index is 14.0. The highest BCUT2D eigenvalue weighted by molar-refractivity contribution is 6.06. The van der Waals surface area contributed by atoms with Crippen LogP contribution in [0.4, 0.5) is 4.39 Å². The molecule has 0 saturated carbocycles. The lowest BCUT2D eigenvalue weighted by atomic mass is 9.97. The second-order valence-corrected chi connectivity index (χ2v) is 6.54. The van der Waals surface area contributed by atoms with Crippen molar-refractivity contribution in [3.05, 3.63) is 89.0 Å². The van der Waals surface area contributed by atoms with Gasteiger partial charge < -0.3 is 14.5 Å². The average Bonchev–Trinajstić information content (AvgIpc) is 3.07. The number of aromatic amines is 1. The Balaban J connectivity index is 1.95. The molecule has 136 valence electrons. The first-order valence-corrected chi connectivity index (χ1v) is 8.75. The van der Waals surface area contributed by atoms with Gasteiger partial charge in [0.05, 0.1) is 11.1 Å². The first kappa shape index (κ1) is 16.3. The minimum absolute atomic E-state index is 0.00871. The summed E-state index contributed by atoms with van der Waals surface area (Å²) in [5.74, 6) is -0.619. The fourth-order valence-electron chi connectivity index (χ4n) is 3.60. The molecule has 0 aliphatic carbocycles.